The normalized spacial score (nSPS) is 13.1. The number of unbranched alkanes of at least 4 members (excludes halogenated alkanes) is 1. The Kier molecular flexibility index (Phi) is 11.3. The molecule has 262 valence electrons. The van der Waals surface area contributed by atoms with Crippen LogP contribution in [0.4, 0.5) is 40.8 Å². The van der Waals surface area contributed by atoms with E-state index in [0.717, 1.165) is 30.5 Å². The Morgan fingerprint density at radius 2 is 1.40 bits per heavy atom. The fourth-order valence-corrected chi connectivity index (χ4v) is 4.79. The van der Waals surface area contributed by atoms with Crippen molar-refractivity contribution in [2.75, 3.05) is 35.6 Å². The second kappa shape index (κ2) is 15.8. The van der Waals surface area contributed by atoms with Crippen molar-refractivity contribution in [3.05, 3.63) is 94.8 Å². The van der Waals surface area contributed by atoms with Crippen molar-refractivity contribution in [3.8, 4) is 6.01 Å². The first-order valence-electron chi connectivity index (χ1n) is 15.4. The predicted molar refractivity (Wildman–Crippen MR) is 177 cm³/mol. The number of carbonyl (C=O) groups is 3. The fourth-order valence-electron chi connectivity index (χ4n) is 4.66. The van der Waals surface area contributed by atoms with E-state index >= 15 is 0 Å². The summed E-state index contributed by atoms with van der Waals surface area (Å²) in [7, 11) is 0. The van der Waals surface area contributed by atoms with Gasteiger partial charge >= 0.3 is 24.0 Å². The van der Waals surface area contributed by atoms with Crippen molar-refractivity contribution >= 4 is 52.6 Å². The van der Waals surface area contributed by atoms with Gasteiger partial charge in [-0.2, -0.15) is 28.1 Å². The molecule has 1 saturated carbocycles. The first kappa shape index (κ1) is 35.8. The molecule has 0 aliphatic heterocycles. The third kappa shape index (κ3) is 10.5. The van der Waals surface area contributed by atoms with Crippen LogP contribution in [0.15, 0.2) is 72.8 Å². The molecule has 3 aromatic carbocycles. The molecule has 0 spiro atoms. The van der Waals surface area contributed by atoms with E-state index in [1.165, 1.54) is 12.1 Å². The Bertz CT molecular complexity index is 1810. The van der Waals surface area contributed by atoms with Crippen LogP contribution in [0.3, 0.4) is 0 Å². The van der Waals surface area contributed by atoms with Crippen molar-refractivity contribution in [2.24, 2.45) is 0 Å². The molecular weight excluding hydrogens is 684 g/mol. The molecule has 50 heavy (non-hydrogen) atoms. The molecule has 0 radical (unpaired) electrons. The fraction of sp³-hybridized carbons (Fsp3) is 0.273. The molecule has 0 unspecified atom stereocenters. The van der Waals surface area contributed by atoms with Crippen LogP contribution in [0.5, 0.6) is 6.01 Å². The summed E-state index contributed by atoms with van der Waals surface area (Å²) in [6.07, 6.45) is -2.14. The molecule has 1 heterocycles. The minimum atomic E-state index is -4.60. The molecule has 4 aromatic rings. The van der Waals surface area contributed by atoms with Crippen LogP contribution in [0.1, 0.15) is 41.6 Å². The predicted octanol–water partition coefficient (Wildman–Crippen LogP) is 5.71. The number of ether oxygens (including phenoxy) is 1. The van der Waals surface area contributed by atoms with Crippen LogP contribution in [0.2, 0.25) is 5.02 Å². The molecule has 17 heteroatoms. The van der Waals surface area contributed by atoms with E-state index in [-0.39, 0.29) is 30.0 Å². The largest absolute Gasteiger partial charge is 0.454 e. The van der Waals surface area contributed by atoms with Crippen LogP contribution >= 0.6 is 11.6 Å². The zero-order chi connectivity index (χ0) is 35.7. The number of aromatic nitrogens is 3. The maximum absolute atomic E-state index is 13.0. The second-order valence-electron chi connectivity index (χ2n) is 11.3. The molecular formula is C33H31ClF4N8O4. The van der Waals surface area contributed by atoms with E-state index in [1.807, 2.05) is 12.1 Å². The lowest BCUT2D eigenvalue weighted by atomic mass is 10.1. The Balaban J connectivity index is 1.10. The highest BCUT2D eigenvalue weighted by molar-refractivity contribution is 6.39. The van der Waals surface area contributed by atoms with Crippen LogP contribution in [-0.4, -0.2) is 58.5 Å². The van der Waals surface area contributed by atoms with Gasteiger partial charge in [0.1, 0.15) is 5.82 Å². The lowest BCUT2D eigenvalue weighted by Crippen LogP contribution is -2.36. The average Bonchev–Trinajstić information content (AvgIpc) is 3.86. The van der Waals surface area contributed by atoms with Gasteiger partial charge in [-0.05, 0) is 91.9 Å². The molecule has 5 N–H and O–H groups in total. The van der Waals surface area contributed by atoms with Gasteiger partial charge in [0.05, 0.1) is 5.54 Å². The van der Waals surface area contributed by atoms with Crippen molar-refractivity contribution in [2.45, 2.75) is 37.4 Å². The number of amides is 3. The minimum Gasteiger partial charge on any atom is -0.454 e. The summed E-state index contributed by atoms with van der Waals surface area (Å²) >= 11 is 6.02. The van der Waals surface area contributed by atoms with Crippen molar-refractivity contribution in [3.63, 3.8) is 0 Å². The zero-order valence-electron chi connectivity index (χ0n) is 26.2. The highest BCUT2D eigenvalue weighted by Crippen LogP contribution is 2.48. The lowest BCUT2D eigenvalue weighted by molar-refractivity contribution is -0.154. The van der Waals surface area contributed by atoms with Gasteiger partial charge in [0.25, 0.3) is 5.91 Å². The number of halogens is 5. The molecule has 0 saturated heterocycles. The van der Waals surface area contributed by atoms with Gasteiger partial charge in [0.15, 0.2) is 6.61 Å². The number of benzene rings is 3. The molecule has 3 amide bonds. The Morgan fingerprint density at radius 1 is 0.780 bits per heavy atom. The van der Waals surface area contributed by atoms with E-state index < -0.39 is 42.0 Å². The number of hydrogen-bond acceptors (Lipinski definition) is 9. The number of nitrogens with zero attached hydrogens (tertiary/aromatic N) is 3. The number of alkyl halides is 3. The molecule has 1 aromatic heterocycles. The molecule has 5 rings (SSSR count). The summed E-state index contributed by atoms with van der Waals surface area (Å²) in [6, 6.07) is 17.9. The number of nitrogens with one attached hydrogen (secondary N) is 5. The topological polar surface area (TPSA) is 159 Å². The van der Waals surface area contributed by atoms with Gasteiger partial charge in [0.2, 0.25) is 11.9 Å². The van der Waals surface area contributed by atoms with E-state index in [1.54, 1.807) is 36.4 Å². The van der Waals surface area contributed by atoms with Gasteiger partial charge in [-0.25, -0.2) is 4.39 Å². The number of carbonyl (C=O) groups excluding carboxylic acids is 3. The van der Waals surface area contributed by atoms with Crippen LogP contribution in [0, 0.1) is 5.82 Å². The van der Waals surface area contributed by atoms with Crippen LogP contribution < -0.4 is 31.3 Å². The van der Waals surface area contributed by atoms with Crippen LogP contribution in [0.25, 0.3) is 0 Å². The summed E-state index contributed by atoms with van der Waals surface area (Å²) in [5.41, 5.74) is 1.47. The van der Waals surface area contributed by atoms with Crippen molar-refractivity contribution in [1.82, 2.24) is 25.6 Å². The summed E-state index contributed by atoms with van der Waals surface area (Å²) in [5.74, 6) is -2.62. The standard InChI is InChI=1S/C33H31ClF4N8O4/c34-22-7-5-21(6-8-22)32(15-16-32)46-30-43-29(44-31(45-30)50-19-33(36,37)38)42-25-11-3-20(4-12-25)26(47)39-17-1-2-18-40-27(48)28(49)41-24-13-9-23(35)10-14-24/h3-14H,1-2,15-19H2,(H,39,47)(H,40,48)(H,41,49)(H2,42,43,44,45,46). The highest BCUT2D eigenvalue weighted by atomic mass is 35.5. The molecule has 1 fully saturated rings. The monoisotopic (exact) mass is 714 g/mol. The third-order valence-electron chi connectivity index (χ3n) is 7.36. The number of rotatable bonds is 14. The second-order valence-corrected chi connectivity index (χ2v) is 11.7. The summed E-state index contributed by atoms with van der Waals surface area (Å²) in [4.78, 5) is 48.9. The first-order chi connectivity index (χ1) is 23.9. The smallest absolute Gasteiger partial charge is 0.422 e. The summed E-state index contributed by atoms with van der Waals surface area (Å²) in [6.45, 7) is -1.09. The molecule has 0 bridgehead atoms. The first-order valence-corrected chi connectivity index (χ1v) is 15.8. The summed E-state index contributed by atoms with van der Waals surface area (Å²) < 4.78 is 56.4. The van der Waals surface area contributed by atoms with E-state index in [4.69, 9.17) is 16.3 Å². The van der Waals surface area contributed by atoms with Gasteiger partial charge in [0, 0.05) is 35.1 Å². The van der Waals surface area contributed by atoms with Gasteiger partial charge in [-0.15, -0.1) is 0 Å². The number of hydrogen-bond donors (Lipinski definition) is 5. The van der Waals surface area contributed by atoms with Crippen molar-refractivity contribution < 1.29 is 36.7 Å². The maximum atomic E-state index is 13.0. The molecule has 1 aliphatic carbocycles. The highest BCUT2D eigenvalue weighted by Gasteiger charge is 2.45. The minimum absolute atomic E-state index is 0.0101. The molecule has 0 atom stereocenters. The Hall–Kier alpha value is -5.51. The average molecular weight is 715 g/mol. The Morgan fingerprint density at radius 3 is 2.04 bits per heavy atom. The molecule has 12 nitrogen and oxygen atoms in total. The van der Waals surface area contributed by atoms with Crippen LogP contribution in [-0.2, 0) is 15.1 Å². The van der Waals surface area contributed by atoms with E-state index in [2.05, 4.69) is 41.5 Å². The number of anilines is 4. The Labute approximate surface area is 288 Å². The maximum Gasteiger partial charge on any atom is 0.422 e. The van der Waals surface area contributed by atoms with E-state index in [9.17, 15) is 31.9 Å². The van der Waals surface area contributed by atoms with E-state index in [0.29, 0.717) is 35.7 Å². The van der Waals surface area contributed by atoms with Gasteiger partial charge in [-0.1, -0.05) is 23.7 Å². The van der Waals surface area contributed by atoms with Gasteiger partial charge < -0.3 is 31.3 Å². The third-order valence-corrected chi connectivity index (χ3v) is 7.62. The quantitative estimate of drug-likeness (QED) is 0.0626. The SMILES string of the molecule is O=C(NCCCCNC(=O)c1ccc(Nc2nc(NC3(c4ccc(Cl)cc4)CC3)nc(OCC(F)(F)F)n2)cc1)C(=O)Nc1ccc(F)cc1. The zero-order valence-corrected chi connectivity index (χ0v) is 27.0. The molecule has 1 aliphatic rings. The van der Waals surface area contributed by atoms with Crippen molar-refractivity contribution in [1.29, 1.82) is 0 Å². The van der Waals surface area contributed by atoms with Gasteiger partial charge in [-0.3, -0.25) is 14.4 Å². The lowest BCUT2D eigenvalue weighted by Gasteiger charge is -2.19. The summed E-state index contributed by atoms with van der Waals surface area (Å²) in [5, 5.41) is 14.3.